The summed E-state index contributed by atoms with van der Waals surface area (Å²) in [5.74, 6) is 1.57. The van der Waals surface area contributed by atoms with Gasteiger partial charge in [0.05, 0.1) is 5.41 Å². The van der Waals surface area contributed by atoms with Crippen LogP contribution in [-0.4, -0.2) is 15.0 Å². The Bertz CT molecular complexity index is 2790. The van der Waals surface area contributed by atoms with Gasteiger partial charge in [-0.05, 0) is 92.2 Å². The molecule has 0 aliphatic heterocycles. The Hall–Kier alpha value is -7.04. The Morgan fingerprint density at radius 3 is 1.45 bits per heavy atom. The lowest BCUT2D eigenvalue weighted by Crippen LogP contribution is -2.29. The summed E-state index contributed by atoms with van der Waals surface area (Å²) in [7, 11) is 0. The first kappa shape index (κ1) is 32.6. The van der Waals surface area contributed by atoms with Gasteiger partial charge in [0.25, 0.3) is 0 Å². The fourth-order valence-corrected chi connectivity index (χ4v) is 8.18. The number of rotatable bonds is 6. The Morgan fingerprint density at radius 2 is 0.873 bits per heavy atom. The van der Waals surface area contributed by atoms with Gasteiger partial charge in [0, 0.05) is 16.7 Å². The smallest absolute Gasteiger partial charge is 0.164 e. The molecule has 1 atom stereocenters. The summed E-state index contributed by atoms with van der Waals surface area (Å²) in [5, 5.41) is 4.58. The number of fused-ring (bicyclic) bond motifs is 3. The Kier molecular flexibility index (Phi) is 7.77. The van der Waals surface area contributed by atoms with E-state index in [2.05, 4.69) is 171 Å². The quantitative estimate of drug-likeness (QED) is 0.173. The van der Waals surface area contributed by atoms with Crippen molar-refractivity contribution in [3.05, 3.63) is 221 Å². The number of aromatic nitrogens is 3. The van der Waals surface area contributed by atoms with Gasteiger partial charge in [0.2, 0.25) is 0 Å². The fraction of sp³-hybridized carbons (Fsp3) is 0.0392. The van der Waals surface area contributed by atoms with Gasteiger partial charge in [-0.15, -0.1) is 0 Å². The zero-order valence-corrected chi connectivity index (χ0v) is 30.1. The molecule has 3 nitrogen and oxygen atoms in total. The molecule has 0 fully saturated rings. The molecule has 55 heavy (non-hydrogen) atoms. The first-order valence-electron chi connectivity index (χ1n) is 18.5. The van der Waals surface area contributed by atoms with Crippen LogP contribution in [-0.2, 0) is 5.41 Å². The monoisotopic (exact) mass is 707 g/mol. The number of halogens is 1. The Balaban J connectivity index is 1.12. The molecule has 0 spiro atoms. The van der Waals surface area contributed by atoms with Crippen molar-refractivity contribution in [3.8, 4) is 34.2 Å². The second-order valence-corrected chi connectivity index (χ2v) is 14.3. The van der Waals surface area contributed by atoms with E-state index < -0.39 is 5.41 Å². The van der Waals surface area contributed by atoms with Crippen LogP contribution in [0, 0.1) is 12.7 Å². The number of hydrogen-bond acceptors (Lipinski definition) is 3. The summed E-state index contributed by atoms with van der Waals surface area (Å²) < 4.78 is 14.5. The molecular formula is C51H34FN3. The largest absolute Gasteiger partial charge is 0.208 e. The highest BCUT2D eigenvalue weighted by Crippen LogP contribution is 2.55. The van der Waals surface area contributed by atoms with Crippen molar-refractivity contribution in [1.29, 1.82) is 0 Å². The fourth-order valence-electron chi connectivity index (χ4n) is 8.18. The normalized spacial score (nSPS) is 14.9. The second kappa shape index (κ2) is 13.1. The van der Waals surface area contributed by atoms with Crippen molar-refractivity contribution >= 4 is 33.2 Å². The number of nitrogens with zero attached hydrogens (tertiary/aromatic N) is 3. The molecule has 1 unspecified atom stereocenters. The molecule has 9 aromatic rings. The van der Waals surface area contributed by atoms with Gasteiger partial charge in [0.15, 0.2) is 17.5 Å². The molecule has 260 valence electrons. The second-order valence-electron chi connectivity index (χ2n) is 14.3. The summed E-state index contributed by atoms with van der Waals surface area (Å²) in [4.78, 5) is 15.2. The van der Waals surface area contributed by atoms with Crippen molar-refractivity contribution in [3.63, 3.8) is 0 Å². The van der Waals surface area contributed by atoms with Crippen molar-refractivity contribution in [2.24, 2.45) is 0 Å². The molecule has 1 aliphatic carbocycles. The minimum Gasteiger partial charge on any atom is -0.208 e. The molecule has 1 heterocycles. The minimum atomic E-state index is -0.654. The maximum atomic E-state index is 14.5. The molecule has 1 aromatic heterocycles. The van der Waals surface area contributed by atoms with Crippen LogP contribution in [0.15, 0.2) is 182 Å². The standard InChI is InChI=1S/C51H34FN3/c1-33-14-24-43(25-15-33)51(44-26-28-45(52)29-27-44)46-13-7-6-12-40(46)32-47(51)36-18-20-37(21-19-36)48-53-49(41-22-16-34-8-2-4-10-38(34)30-41)55-50(54-48)42-23-17-35-9-3-5-11-39(35)31-42/h2-32H,1H3. The van der Waals surface area contributed by atoms with Crippen LogP contribution in [0.3, 0.4) is 0 Å². The molecule has 1 aliphatic rings. The van der Waals surface area contributed by atoms with Gasteiger partial charge in [-0.1, -0.05) is 163 Å². The van der Waals surface area contributed by atoms with Crippen molar-refractivity contribution in [2.75, 3.05) is 0 Å². The lowest BCUT2D eigenvalue weighted by atomic mass is 9.65. The lowest BCUT2D eigenvalue weighted by Gasteiger charge is -2.36. The first-order valence-corrected chi connectivity index (χ1v) is 18.5. The molecular weight excluding hydrogens is 674 g/mol. The van der Waals surface area contributed by atoms with E-state index in [0.29, 0.717) is 17.5 Å². The topological polar surface area (TPSA) is 38.7 Å². The summed E-state index contributed by atoms with van der Waals surface area (Å²) >= 11 is 0. The van der Waals surface area contributed by atoms with Gasteiger partial charge in [-0.25, -0.2) is 19.3 Å². The summed E-state index contributed by atoms with van der Waals surface area (Å²) in [5.41, 5.74) is 9.90. The summed E-state index contributed by atoms with van der Waals surface area (Å²) in [6.07, 6.45) is 2.28. The van der Waals surface area contributed by atoms with Gasteiger partial charge in [-0.2, -0.15) is 0 Å². The number of allylic oxidation sites excluding steroid dienone is 1. The van der Waals surface area contributed by atoms with E-state index >= 15 is 0 Å². The zero-order valence-electron chi connectivity index (χ0n) is 30.1. The van der Waals surface area contributed by atoms with E-state index in [-0.39, 0.29) is 5.82 Å². The number of benzene rings is 8. The molecule has 0 radical (unpaired) electrons. The minimum absolute atomic E-state index is 0.257. The van der Waals surface area contributed by atoms with Gasteiger partial charge in [0.1, 0.15) is 5.82 Å². The predicted octanol–water partition coefficient (Wildman–Crippen LogP) is 12.5. The van der Waals surface area contributed by atoms with Crippen LogP contribution < -0.4 is 0 Å². The molecule has 10 rings (SSSR count). The highest BCUT2D eigenvalue weighted by molar-refractivity contribution is 6.00. The number of hydrogen-bond donors (Lipinski definition) is 0. The Labute approximate surface area is 319 Å². The van der Waals surface area contributed by atoms with Crippen LogP contribution in [0.2, 0.25) is 0 Å². The summed E-state index contributed by atoms with van der Waals surface area (Å²) in [6, 6.07) is 62.1. The predicted molar refractivity (Wildman–Crippen MR) is 223 cm³/mol. The summed E-state index contributed by atoms with van der Waals surface area (Å²) in [6.45, 7) is 2.10. The van der Waals surface area contributed by atoms with Crippen molar-refractivity contribution in [2.45, 2.75) is 12.3 Å². The molecule has 0 amide bonds. The molecule has 0 saturated heterocycles. The molecule has 8 aromatic carbocycles. The SMILES string of the molecule is Cc1ccc(C2(c3ccc(F)cc3)C(c3ccc(-c4nc(-c5ccc6ccccc6c5)nc(-c5ccc6ccccc6c5)n4)cc3)=Cc3ccccc32)cc1. The van der Waals surface area contributed by atoms with Crippen LogP contribution in [0.25, 0.3) is 67.4 Å². The molecule has 0 saturated carbocycles. The number of aryl methyl sites for hydroxylation is 1. The average molecular weight is 708 g/mol. The van der Waals surface area contributed by atoms with E-state index in [1.807, 2.05) is 12.1 Å². The third kappa shape index (κ3) is 5.62. The van der Waals surface area contributed by atoms with Crippen LogP contribution in [0.1, 0.15) is 33.4 Å². The van der Waals surface area contributed by atoms with Crippen LogP contribution in [0.5, 0.6) is 0 Å². The third-order valence-corrected chi connectivity index (χ3v) is 10.9. The van der Waals surface area contributed by atoms with E-state index in [0.717, 1.165) is 66.1 Å². The maximum Gasteiger partial charge on any atom is 0.164 e. The maximum absolute atomic E-state index is 14.5. The highest BCUT2D eigenvalue weighted by atomic mass is 19.1. The molecule has 4 heteroatoms. The van der Waals surface area contributed by atoms with Crippen LogP contribution >= 0.6 is 0 Å². The lowest BCUT2D eigenvalue weighted by molar-refractivity contribution is 0.625. The van der Waals surface area contributed by atoms with Crippen LogP contribution in [0.4, 0.5) is 4.39 Å². The van der Waals surface area contributed by atoms with Crippen molar-refractivity contribution < 1.29 is 4.39 Å². The van der Waals surface area contributed by atoms with Gasteiger partial charge in [-0.3, -0.25) is 0 Å². The molecule has 0 N–H and O–H groups in total. The zero-order chi connectivity index (χ0) is 36.9. The third-order valence-electron chi connectivity index (χ3n) is 10.9. The van der Waals surface area contributed by atoms with Gasteiger partial charge >= 0.3 is 0 Å². The highest BCUT2D eigenvalue weighted by Gasteiger charge is 2.45. The van der Waals surface area contributed by atoms with E-state index in [1.165, 1.54) is 11.1 Å². The van der Waals surface area contributed by atoms with E-state index in [4.69, 9.17) is 15.0 Å². The van der Waals surface area contributed by atoms with Gasteiger partial charge < -0.3 is 0 Å². The first-order chi connectivity index (χ1) is 27.0. The van der Waals surface area contributed by atoms with E-state index in [9.17, 15) is 4.39 Å². The van der Waals surface area contributed by atoms with E-state index in [1.54, 1.807) is 12.1 Å². The average Bonchev–Trinajstić information content (AvgIpc) is 3.59. The van der Waals surface area contributed by atoms with Crippen molar-refractivity contribution in [1.82, 2.24) is 15.0 Å². The Morgan fingerprint density at radius 1 is 0.418 bits per heavy atom. The molecule has 0 bridgehead atoms.